The van der Waals surface area contributed by atoms with Crippen LogP contribution in [0, 0.1) is 6.92 Å². The van der Waals surface area contributed by atoms with Crippen molar-refractivity contribution in [3.8, 4) is 0 Å². The molecule has 0 saturated heterocycles. The molecule has 0 spiro atoms. The van der Waals surface area contributed by atoms with Crippen LogP contribution in [0.5, 0.6) is 0 Å². The zero-order valence-electron chi connectivity index (χ0n) is 37.4. The Morgan fingerprint density at radius 3 is 0.593 bits per heavy atom. The summed E-state index contributed by atoms with van der Waals surface area (Å²) in [5.41, 5.74) is 0. The molecule has 1 radical (unpaired) electrons. The van der Waals surface area contributed by atoms with Crippen LogP contribution in [-0.2, 0) is 19.3 Å². The maximum atomic E-state index is 4.94. The summed E-state index contributed by atoms with van der Waals surface area (Å²) in [6, 6.07) is 0. The second kappa shape index (κ2) is 43.1. The predicted molar refractivity (Wildman–Crippen MR) is 242 cm³/mol. The third-order valence-corrected chi connectivity index (χ3v) is 11.9. The van der Waals surface area contributed by atoms with Crippen molar-refractivity contribution in [3.05, 3.63) is 24.4 Å². The Morgan fingerprint density at radius 1 is 0.241 bits per heavy atom. The molecular formula is C51H98N3. The van der Waals surface area contributed by atoms with Gasteiger partial charge in [-0.1, -0.05) is 271 Å². The Bertz CT molecular complexity index is 791. The number of unbranched alkanes of at least 4 members (excludes halogenated alkanes) is 39. The summed E-state index contributed by atoms with van der Waals surface area (Å²) in [6.07, 6.45) is 62.0. The second-order valence-corrected chi connectivity index (χ2v) is 17.5. The fourth-order valence-corrected chi connectivity index (χ4v) is 8.22. The molecule has 0 bridgehead atoms. The van der Waals surface area contributed by atoms with Crippen molar-refractivity contribution in [3.63, 3.8) is 0 Å². The van der Waals surface area contributed by atoms with Crippen molar-refractivity contribution in [1.29, 1.82) is 0 Å². The van der Waals surface area contributed by atoms with Gasteiger partial charge in [-0.2, -0.15) is 0 Å². The van der Waals surface area contributed by atoms with Gasteiger partial charge in [0, 0.05) is 19.3 Å². The minimum atomic E-state index is 0.949. The fourth-order valence-electron chi connectivity index (χ4n) is 8.22. The average molecular weight is 753 g/mol. The van der Waals surface area contributed by atoms with E-state index >= 15 is 0 Å². The lowest BCUT2D eigenvalue weighted by molar-refractivity contribution is 0.520. The molecule has 0 aliphatic carbocycles. The molecule has 317 valence electrons. The van der Waals surface area contributed by atoms with Crippen LogP contribution in [0.2, 0.25) is 0 Å². The first-order valence-corrected chi connectivity index (χ1v) is 25.3. The van der Waals surface area contributed by atoms with E-state index in [-0.39, 0.29) is 0 Å². The van der Waals surface area contributed by atoms with E-state index in [4.69, 9.17) is 15.0 Å². The summed E-state index contributed by atoms with van der Waals surface area (Å²) < 4.78 is 0. The van der Waals surface area contributed by atoms with Gasteiger partial charge in [-0.25, -0.2) is 15.0 Å². The van der Waals surface area contributed by atoms with Gasteiger partial charge in [-0.05, 0) is 19.3 Å². The van der Waals surface area contributed by atoms with E-state index in [0.29, 0.717) is 0 Å². The van der Waals surface area contributed by atoms with E-state index in [0.717, 1.165) is 49.6 Å². The Kier molecular flexibility index (Phi) is 40.8. The standard InChI is InChI=1S/C51H98N3/c1-4-7-10-12-14-16-18-20-22-24-26-28-30-32-34-36-38-40-42-44-47-50-52-49(46-9-6-3)53-51(54-50)48-45-43-41-39-37-35-33-31-29-27-25-23-21-19-17-15-13-11-8-5-2/h3-48H2,1-2H3. The van der Waals surface area contributed by atoms with Gasteiger partial charge >= 0.3 is 0 Å². The van der Waals surface area contributed by atoms with Crippen LogP contribution in [0.25, 0.3) is 0 Å². The Balaban J connectivity index is 1.99. The molecule has 1 aromatic rings. The minimum absolute atomic E-state index is 0.949. The van der Waals surface area contributed by atoms with Gasteiger partial charge in [0.2, 0.25) is 0 Å². The first kappa shape index (κ1) is 51.0. The summed E-state index contributed by atoms with van der Waals surface area (Å²) in [4.78, 5) is 14.7. The molecule has 0 aliphatic heterocycles. The van der Waals surface area contributed by atoms with Crippen LogP contribution in [0.3, 0.4) is 0 Å². The summed E-state index contributed by atoms with van der Waals surface area (Å²) in [5, 5.41) is 0. The second-order valence-electron chi connectivity index (χ2n) is 17.5. The fraction of sp³-hybridized carbons (Fsp3) is 0.922. The van der Waals surface area contributed by atoms with Gasteiger partial charge < -0.3 is 0 Å². The van der Waals surface area contributed by atoms with Crippen LogP contribution in [0.1, 0.15) is 301 Å². The number of hydrogen-bond donors (Lipinski definition) is 0. The highest BCUT2D eigenvalue weighted by Gasteiger charge is 2.07. The quantitative estimate of drug-likeness (QED) is 0.0623. The molecule has 0 saturated carbocycles. The highest BCUT2D eigenvalue weighted by Crippen LogP contribution is 2.18. The lowest BCUT2D eigenvalue weighted by Crippen LogP contribution is -2.08. The third-order valence-electron chi connectivity index (χ3n) is 11.9. The number of aromatic nitrogens is 3. The summed E-state index contributed by atoms with van der Waals surface area (Å²) in [7, 11) is 0. The lowest BCUT2D eigenvalue weighted by atomic mass is 10.0. The van der Waals surface area contributed by atoms with E-state index < -0.39 is 0 Å². The maximum Gasteiger partial charge on any atom is 0.132 e. The van der Waals surface area contributed by atoms with Crippen molar-refractivity contribution in [2.45, 2.75) is 303 Å². The highest BCUT2D eigenvalue weighted by molar-refractivity contribution is 4.99. The first-order valence-electron chi connectivity index (χ1n) is 25.3. The van der Waals surface area contributed by atoms with Gasteiger partial charge in [-0.3, -0.25) is 0 Å². The molecule has 1 rings (SSSR count). The molecule has 1 heterocycles. The first-order chi connectivity index (χ1) is 26.8. The molecule has 0 N–H and O–H groups in total. The van der Waals surface area contributed by atoms with Crippen molar-refractivity contribution in [1.82, 2.24) is 15.0 Å². The van der Waals surface area contributed by atoms with Crippen LogP contribution < -0.4 is 0 Å². The topological polar surface area (TPSA) is 38.7 Å². The van der Waals surface area contributed by atoms with Crippen LogP contribution in [0.4, 0.5) is 0 Å². The summed E-state index contributed by atoms with van der Waals surface area (Å²) >= 11 is 0. The third kappa shape index (κ3) is 36.6. The highest BCUT2D eigenvalue weighted by atomic mass is 15.0. The Morgan fingerprint density at radius 2 is 0.407 bits per heavy atom. The normalized spacial score (nSPS) is 11.6. The largest absolute Gasteiger partial charge is 0.218 e. The molecular weight excluding hydrogens is 655 g/mol. The molecule has 0 aliphatic rings. The van der Waals surface area contributed by atoms with Crippen LogP contribution >= 0.6 is 0 Å². The van der Waals surface area contributed by atoms with E-state index in [9.17, 15) is 0 Å². The zero-order valence-corrected chi connectivity index (χ0v) is 37.4. The monoisotopic (exact) mass is 753 g/mol. The van der Waals surface area contributed by atoms with Gasteiger partial charge in [0.15, 0.2) is 0 Å². The van der Waals surface area contributed by atoms with Gasteiger partial charge in [0.25, 0.3) is 0 Å². The van der Waals surface area contributed by atoms with E-state index in [2.05, 4.69) is 20.8 Å². The Labute approximate surface area is 341 Å². The lowest BCUT2D eigenvalue weighted by Gasteiger charge is -2.08. The molecule has 3 nitrogen and oxygen atoms in total. The SMILES string of the molecule is [CH2]CCCc1nc(CCCCCCCCCCCCCCCCCCCCCC)nc(CCCCCCCCCCCCCCCCCCCCCC)n1. The number of hydrogen-bond acceptors (Lipinski definition) is 3. The summed E-state index contributed by atoms with van der Waals surface area (Å²) in [5.74, 6) is 3.12. The Hall–Kier alpha value is -0.990. The van der Waals surface area contributed by atoms with Crippen molar-refractivity contribution < 1.29 is 0 Å². The molecule has 0 fully saturated rings. The molecule has 0 atom stereocenters. The van der Waals surface area contributed by atoms with Gasteiger partial charge in [0.05, 0.1) is 0 Å². The van der Waals surface area contributed by atoms with E-state index in [1.54, 1.807) is 0 Å². The van der Waals surface area contributed by atoms with Crippen molar-refractivity contribution in [2.24, 2.45) is 0 Å². The smallest absolute Gasteiger partial charge is 0.132 e. The maximum absolute atomic E-state index is 4.94. The zero-order chi connectivity index (χ0) is 38.7. The summed E-state index contributed by atoms with van der Waals surface area (Å²) in [6.45, 7) is 8.65. The number of rotatable bonds is 45. The molecule has 0 amide bonds. The number of nitrogens with zero attached hydrogens (tertiary/aromatic N) is 3. The van der Waals surface area contributed by atoms with Gasteiger partial charge in [-0.15, -0.1) is 0 Å². The minimum Gasteiger partial charge on any atom is -0.218 e. The average Bonchev–Trinajstić information content (AvgIpc) is 3.18. The number of aryl methyl sites for hydroxylation is 3. The molecule has 3 heteroatoms. The molecule has 54 heavy (non-hydrogen) atoms. The molecule has 1 aromatic heterocycles. The van der Waals surface area contributed by atoms with E-state index in [1.165, 1.54) is 257 Å². The van der Waals surface area contributed by atoms with E-state index in [1.807, 2.05) is 0 Å². The van der Waals surface area contributed by atoms with Crippen molar-refractivity contribution >= 4 is 0 Å². The molecule has 0 aromatic carbocycles. The van der Waals surface area contributed by atoms with Crippen LogP contribution in [0.15, 0.2) is 0 Å². The van der Waals surface area contributed by atoms with Crippen LogP contribution in [-0.4, -0.2) is 15.0 Å². The predicted octanol–water partition coefficient (Wildman–Crippen LogP) is 17.8. The van der Waals surface area contributed by atoms with Gasteiger partial charge in [0.1, 0.15) is 17.5 Å². The molecule has 0 unspecified atom stereocenters. The van der Waals surface area contributed by atoms with Crippen molar-refractivity contribution in [2.75, 3.05) is 0 Å².